The highest BCUT2D eigenvalue weighted by Gasteiger charge is 2.37. The molecule has 2 aliphatic rings. The number of hydrogen-bond donors (Lipinski definition) is 2. The summed E-state index contributed by atoms with van der Waals surface area (Å²) in [4.78, 5) is 29.8. The van der Waals surface area contributed by atoms with E-state index in [1.807, 2.05) is 6.92 Å². The fourth-order valence-electron chi connectivity index (χ4n) is 4.80. The first kappa shape index (κ1) is 27.2. The lowest BCUT2D eigenvalue weighted by Crippen LogP contribution is -2.46. The van der Waals surface area contributed by atoms with Crippen molar-refractivity contribution in [1.82, 2.24) is 10.3 Å². The van der Waals surface area contributed by atoms with E-state index in [0.717, 1.165) is 32.1 Å². The highest BCUT2D eigenvalue weighted by atomic mass is 16.6. The summed E-state index contributed by atoms with van der Waals surface area (Å²) < 4.78 is 23.6. The number of ether oxygens (including phenoxy) is 4. The van der Waals surface area contributed by atoms with Crippen LogP contribution in [0.15, 0.2) is 12.3 Å². The molecular formula is C26H40N2O7. The number of methoxy groups -OCH3 is 1. The van der Waals surface area contributed by atoms with Crippen LogP contribution >= 0.6 is 0 Å². The second-order valence-corrected chi connectivity index (χ2v) is 9.43. The fraction of sp³-hybridized carbons (Fsp3) is 0.731. The van der Waals surface area contributed by atoms with Crippen molar-refractivity contribution in [3.8, 4) is 11.5 Å². The minimum absolute atomic E-state index is 0.130. The van der Waals surface area contributed by atoms with E-state index in [4.69, 9.17) is 18.9 Å². The Morgan fingerprint density at radius 1 is 1.20 bits per heavy atom. The summed E-state index contributed by atoms with van der Waals surface area (Å²) in [7, 11) is 1.39. The van der Waals surface area contributed by atoms with E-state index < -0.39 is 24.0 Å². The van der Waals surface area contributed by atoms with Crippen LogP contribution in [0.4, 0.5) is 0 Å². The Balaban J connectivity index is 1.71. The Kier molecular flexibility index (Phi) is 10.6. The van der Waals surface area contributed by atoms with Crippen LogP contribution in [0.2, 0.25) is 0 Å². The minimum atomic E-state index is -0.872. The molecule has 4 atom stereocenters. The molecule has 3 rings (SSSR count). The molecule has 1 amide bonds. The number of nitrogens with zero attached hydrogens (tertiary/aromatic N) is 1. The van der Waals surface area contributed by atoms with Crippen LogP contribution < -0.4 is 10.1 Å². The van der Waals surface area contributed by atoms with E-state index in [0.29, 0.717) is 25.9 Å². The van der Waals surface area contributed by atoms with E-state index >= 15 is 0 Å². The number of rotatable bonds is 10. The lowest BCUT2D eigenvalue weighted by molar-refractivity contribution is -0.172. The number of carbonyl (C=O) groups excluding carboxylic acids is 2. The van der Waals surface area contributed by atoms with Gasteiger partial charge in [0, 0.05) is 18.9 Å². The Bertz CT molecular complexity index is 828. The van der Waals surface area contributed by atoms with Gasteiger partial charge in [-0.1, -0.05) is 32.6 Å². The Labute approximate surface area is 207 Å². The molecule has 0 unspecified atom stereocenters. The van der Waals surface area contributed by atoms with Crippen LogP contribution in [-0.4, -0.2) is 66.1 Å². The third-order valence-corrected chi connectivity index (χ3v) is 6.75. The summed E-state index contributed by atoms with van der Waals surface area (Å²) in [5, 5.41) is 13.0. The van der Waals surface area contributed by atoms with Gasteiger partial charge >= 0.3 is 5.97 Å². The normalized spacial score (nSPS) is 25.9. The number of pyridine rings is 1. The number of aromatic nitrogens is 1. The molecule has 1 aromatic rings. The zero-order valence-corrected chi connectivity index (χ0v) is 21.2. The second-order valence-electron chi connectivity index (χ2n) is 9.43. The van der Waals surface area contributed by atoms with Crippen molar-refractivity contribution in [2.45, 2.75) is 109 Å². The average molecular weight is 493 g/mol. The van der Waals surface area contributed by atoms with Gasteiger partial charge in [-0.15, -0.1) is 0 Å². The van der Waals surface area contributed by atoms with Crippen LogP contribution in [0, 0.1) is 0 Å². The first-order valence-electron chi connectivity index (χ1n) is 12.9. The number of hydrogen-bond acceptors (Lipinski definition) is 8. The summed E-state index contributed by atoms with van der Waals surface area (Å²) >= 11 is 0. The van der Waals surface area contributed by atoms with E-state index in [2.05, 4.69) is 17.2 Å². The van der Waals surface area contributed by atoms with Crippen LogP contribution in [0.25, 0.3) is 0 Å². The van der Waals surface area contributed by atoms with Gasteiger partial charge in [0.2, 0.25) is 0 Å². The SMILES string of the molecule is CCCCCO[C@H]1[C@H](C)OC(=O)[C@@H](NC(=O)c2nccc(OC)c2O)CCC[C@@H]1OC1CCCC1. The van der Waals surface area contributed by atoms with Crippen molar-refractivity contribution < 1.29 is 33.6 Å². The molecule has 196 valence electrons. The minimum Gasteiger partial charge on any atom is -0.503 e. The molecule has 0 radical (unpaired) electrons. The van der Waals surface area contributed by atoms with Gasteiger partial charge in [-0.05, 0) is 45.4 Å². The summed E-state index contributed by atoms with van der Waals surface area (Å²) in [5.74, 6) is -1.44. The summed E-state index contributed by atoms with van der Waals surface area (Å²) in [6.07, 6.45) is 9.78. The van der Waals surface area contributed by atoms with Crippen LogP contribution in [0.1, 0.15) is 88.5 Å². The third-order valence-electron chi connectivity index (χ3n) is 6.75. The lowest BCUT2D eigenvalue weighted by atomic mass is 10.0. The van der Waals surface area contributed by atoms with Crippen molar-refractivity contribution in [3.05, 3.63) is 18.0 Å². The molecule has 1 saturated heterocycles. The molecule has 0 bridgehead atoms. The number of aromatic hydroxyl groups is 1. The summed E-state index contributed by atoms with van der Waals surface area (Å²) in [5.41, 5.74) is -0.204. The molecule has 1 aliphatic heterocycles. The zero-order chi connectivity index (χ0) is 25.2. The summed E-state index contributed by atoms with van der Waals surface area (Å²) in [6.45, 7) is 4.56. The molecule has 0 spiro atoms. The number of esters is 1. The quantitative estimate of drug-likeness (QED) is 0.373. The number of amides is 1. The van der Waals surface area contributed by atoms with Gasteiger partial charge in [-0.2, -0.15) is 0 Å². The molecule has 9 nitrogen and oxygen atoms in total. The predicted molar refractivity (Wildman–Crippen MR) is 130 cm³/mol. The van der Waals surface area contributed by atoms with E-state index in [9.17, 15) is 14.7 Å². The molecule has 1 aliphatic carbocycles. The van der Waals surface area contributed by atoms with Crippen molar-refractivity contribution in [2.75, 3.05) is 13.7 Å². The highest BCUT2D eigenvalue weighted by Crippen LogP contribution is 2.30. The maximum Gasteiger partial charge on any atom is 0.329 e. The van der Waals surface area contributed by atoms with Gasteiger partial charge in [0.15, 0.2) is 17.2 Å². The first-order valence-corrected chi connectivity index (χ1v) is 12.9. The van der Waals surface area contributed by atoms with Crippen LogP contribution in [0.5, 0.6) is 11.5 Å². The molecule has 35 heavy (non-hydrogen) atoms. The maximum absolute atomic E-state index is 13.0. The molecule has 2 heterocycles. The van der Waals surface area contributed by atoms with Gasteiger partial charge in [0.25, 0.3) is 5.91 Å². The lowest BCUT2D eigenvalue weighted by Gasteiger charge is -2.33. The molecular weight excluding hydrogens is 452 g/mol. The smallest absolute Gasteiger partial charge is 0.329 e. The topological polar surface area (TPSA) is 116 Å². The van der Waals surface area contributed by atoms with Gasteiger partial charge in [0.1, 0.15) is 18.2 Å². The zero-order valence-electron chi connectivity index (χ0n) is 21.2. The van der Waals surface area contributed by atoms with Crippen LogP contribution in [0.3, 0.4) is 0 Å². The number of nitrogens with one attached hydrogen (secondary N) is 1. The van der Waals surface area contributed by atoms with Crippen molar-refractivity contribution in [1.29, 1.82) is 0 Å². The Morgan fingerprint density at radius 3 is 2.69 bits per heavy atom. The van der Waals surface area contributed by atoms with E-state index in [-0.39, 0.29) is 35.5 Å². The molecule has 0 aromatic carbocycles. The fourth-order valence-corrected chi connectivity index (χ4v) is 4.80. The van der Waals surface area contributed by atoms with Crippen molar-refractivity contribution in [2.24, 2.45) is 0 Å². The average Bonchev–Trinajstić information content (AvgIpc) is 3.36. The maximum atomic E-state index is 13.0. The number of carbonyl (C=O) groups is 2. The molecule has 2 N–H and O–H groups in total. The molecule has 2 fully saturated rings. The van der Waals surface area contributed by atoms with Gasteiger partial charge in [0.05, 0.1) is 19.3 Å². The number of cyclic esters (lactones) is 1. The first-order chi connectivity index (χ1) is 16.9. The summed E-state index contributed by atoms with van der Waals surface area (Å²) in [6, 6.07) is 0.580. The predicted octanol–water partition coefficient (Wildman–Crippen LogP) is 3.91. The molecule has 9 heteroatoms. The highest BCUT2D eigenvalue weighted by molar-refractivity contribution is 5.97. The van der Waals surface area contributed by atoms with Crippen molar-refractivity contribution >= 4 is 11.9 Å². The van der Waals surface area contributed by atoms with Gasteiger partial charge in [-0.3, -0.25) is 4.79 Å². The monoisotopic (exact) mass is 492 g/mol. The van der Waals surface area contributed by atoms with Crippen LogP contribution in [-0.2, 0) is 19.0 Å². The van der Waals surface area contributed by atoms with Crippen molar-refractivity contribution in [3.63, 3.8) is 0 Å². The van der Waals surface area contributed by atoms with Gasteiger partial charge < -0.3 is 29.4 Å². The molecule has 1 aromatic heterocycles. The molecule has 1 saturated carbocycles. The third kappa shape index (κ3) is 7.54. The standard InChI is InChI=1S/C26H40N2O7/c1-4-5-8-16-33-24-17(2)34-26(31)19(12-9-13-21(24)35-18-10-6-7-11-18)28-25(30)22-23(29)20(32-3)14-15-27-22/h14-15,17-19,21,24,29H,4-13,16H2,1-3H3,(H,28,30)/t17-,19-,21-,24-/m0/s1. The Hall–Kier alpha value is -2.39. The Morgan fingerprint density at radius 2 is 1.97 bits per heavy atom. The van der Waals surface area contributed by atoms with E-state index in [1.165, 1.54) is 32.2 Å². The number of unbranched alkanes of at least 4 members (excludes halogenated alkanes) is 2. The second kappa shape index (κ2) is 13.6. The van der Waals surface area contributed by atoms with Gasteiger partial charge in [-0.25, -0.2) is 9.78 Å². The largest absolute Gasteiger partial charge is 0.503 e. The van der Waals surface area contributed by atoms with E-state index in [1.54, 1.807) is 0 Å².